The summed E-state index contributed by atoms with van der Waals surface area (Å²) in [5, 5.41) is 10.6. The monoisotopic (exact) mass is 1440 g/mol. The molecule has 0 aromatic heterocycles. The highest BCUT2D eigenvalue weighted by Gasteiger charge is 2.30. The van der Waals surface area contributed by atoms with Gasteiger partial charge in [0.2, 0.25) is 0 Å². The van der Waals surface area contributed by atoms with Crippen LogP contribution in [0.3, 0.4) is 0 Å². The summed E-state index contributed by atoms with van der Waals surface area (Å²) >= 11 is 0. The van der Waals surface area contributed by atoms with Gasteiger partial charge in [0, 0.05) is 25.7 Å². The first-order valence-corrected chi connectivity index (χ1v) is 41.1. The number of aliphatic hydroxyl groups is 1. The number of aliphatic hydroxyl groups excluding tert-OH is 1. The van der Waals surface area contributed by atoms with Gasteiger partial charge in [-0.15, -0.1) is 0 Å². The third kappa shape index (κ3) is 71.3. The van der Waals surface area contributed by atoms with Gasteiger partial charge in [-0.1, -0.05) is 276 Å². The molecule has 0 spiro atoms. The minimum absolute atomic E-state index is 0.0333. The summed E-state index contributed by atoms with van der Waals surface area (Å²) in [6.45, 7) is 4.42. The van der Waals surface area contributed by atoms with Gasteiger partial charge >= 0.3 is 39.5 Å². The van der Waals surface area contributed by atoms with Crippen molar-refractivity contribution in [1.82, 2.24) is 0 Å². The van der Waals surface area contributed by atoms with E-state index in [2.05, 4.69) is 155 Å². The summed E-state index contributed by atoms with van der Waals surface area (Å²) < 4.78 is 68.3. The SMILES string of the molecule is CC/C=C\C/C=C\C/C=C\C/C=C\C/C=C\C/C=C\CCC(=O)OCC(COP(=O)(O)OCC(O)COP(=O)(O)OCC(COC(=O)CCCC/C=C\C/C=C\C/C=C\C/C=C\CC)OC(=O)CCCCCCC/C=C\C/C=C\CCC)OC(=O)CCCCCCCCCCCCCCC. The van der Waals surface area contributed by atoms with Crippen molar-refractivity contribution in [3.8, 4) is 0 Å². The van der Waals surface area contributed by atoms with Crippen LogP contribution in [0.5, 0.6) is 0 Å². The first-order chi connectivity index (χ1) is 48.7. The average molecular weight is 1440 g/mol. The molecule has 100 heavy (non-hydrogen) atoms. The van der Waals surface area contributed by atoms with Gasteiger partial charge < -0.3 is 33.8 Å². The topological polar surface area (TPSA) is 237 Å². The van der Waals surface area contributed by atoms with Crippen molar-refractivity contribution < 1.29 is 80.2 Å². The van der Waals surface area contributed by atoms with E-state index in [1.807, 2.05) is 18.2 Å². The zero-order valence-corrected chi connectivity index (χ0v) is 63.9. The standard InChI is InChI=1S/C81H134O17P2/c1-5-9-13-17-21-25-29-33-35-36-37-38-40-44-46-50-54-58-62-66-79(84)92-72-77(98-81(86)68-64-60-56-52-48-42-32-28-24-20-16-12-8-4)74-96-100(89,90)94-70-75(82)69-93-99(87,88)95-73-76(97-80(85)67-63-59-55-51-47-41-31-27-23-19-15-11-7-3)71-91-78(83)65-61-57-53-49-45-43-39-34-30-26-22-18-14-10-6-2/h9-10,13-15,19,21-22,25-27,31,33-35,37-39,44-46,49,54,58,75-77,82H,5-8,11-12,16-18,20,23-24,28-30,32,36,40-43,47-48,50-53,55-57,59-74H2,1-4H3,(H,87,88)(H,89,90)/b13-9-,14-10-,19-15-,25-21-,26-22-,31-27-,35-33-,38-37-,39-34-,46-44-,49-45-,58-54-. The van der Waals surface area contributed by atoms with Gasteiger partial charge in [-0.3, -0.25) is 37.3 Å². The number of hydrogen-bond donors (Lipinski definition) is 3. The van der Waals surface area contributed by atoms with Crippen molar-refractivity contribution in [2.24, 2.45) is 0 Å². The Bertz CT molecular complexity index is 2470. The van der Waals surface area contributed by atoms with Crippen LogP contribution in [0.4, 0.5) is 0 Å². The Morgan fingerprint density at radius 1 is 0.290 bits per heavy atom. The van der Waals surface area contributed by atoms with E-state index >= 15 is 0 Å². The summed E-state index contributed by atoms with van der Waals surface area (Å²) in [5.41, 5.74) is 0. The third-order valence-corrected chi connectivity index (χ3v) is 17.2. The number of unbranched alkanes of at least 4 members (excludes halogenated alkanes) is 20. The Kier molecular flexibility index (Phi) is 68.6. The summed E-state index contributed by atoms with van der Waals surface area (Å²) in [7, 11) is -9.99. The van der Waals surface area contributed by atoms with Gasteiger partial charge in [0.25, 0.3) is 0 Å². The van der Waals surface area contributed by atoms with Crippen LogP contribution in [0.1, 0.15) is 285 Å². The van der Waals surface area contributed by atoms with Crippen LogP contribution < -0.4 is 0 Å². The predicted octanol–water partition coefficient (Wildman–Crippen LogP) is 21.9. The molecule has 0 amide bonds. The van der Waals surface area contributed by atoms with Crippen LogP contribution in [-0.4, -0.2) is 96.7 Å². The quantitative estimate of drug-likeness (QED) is 0.0169. The van der Waals surface area contributed by atoms with E-state index in [-0.39, 0.29) is 25.7 Å². The molecule has 3 N–H and O–H groups in total. The molecular weight excluding hydrogens is 1310 g/mol. The Morgan fingerprint density at radius 2 is 0.560 bits per heavy atom. The van der Waals surface area contributed by atoms with Crippen LogP contribution >= 0.6 is 15.6 Å². The lowest BCUT2D eigenvalue weighted by Gasteiger charge is -2.21. The van der Waals surface area contributed by atoms with Gasteiger partial charge in [0.1, 0.15) is 19.3 Å². The van der Waals surface area contributed by atoms with Crippen LogP contribution in [0.25, 0.3) is 0 Å². The molecule has 0 aliphatic carbocycles. The summed E-state index contributed by atoms with van der Waals surface area (Å²) in [6.07, 6.45) is 81.5. The number of phosphoric ester groups is 2. The molecule has 0 aliphatic rings. The number of rotatable bonds is 70. The molecule has 0 heterocycles. The fourth-order valence-corrected chi connectivity index (χ4v) is 11.1. The highest BCUT2D eigenvalue weighted by atomic mass is 31.2. The van der Waals surface area contributed by atoms with E-state index in [0.717, 1.165) is 148 Å². The fraction of sp³-hybridized carbons (Fsp3) is 0.654. The van der Waals surface area contributed by atoms with Crippen molar-refractivity contribution >= 4 is 39.5 Å². The maximum Gasteiger partial charge on any atom is 0.472 e. The van der Waals surface area contributed by atoms with Crippen LogP contribution in [0.15, 0.2) is 146 Å². The lowest BCUT2D eigenvalue weighted by molar-refractivity contribution is -0.161. The van der Waals surface area contributed by atoms with Gasteiger partial charge in [-0.05, 0) is 128 Å². The first-order valence-electron chi connectivity index (χ1n) is 38.1. The Labute approximate surface area is 605 Å². The van der Waals surface area contributed by atoms with Crippen molar-refractivity contribution in [2.75, 3.05) is 39.6 Å². The molecule has 0 saturated carbocycles. The van der Waals surface area contributed by atoms with E-state index in [4.69, 9.17) is 37.0 Å². The number of carbonyl (C=O) groups excluding carboxylic acids is 4. The molecule has 19 heteroatoms. The minimum atomic E-state index is -5.00. The smallest absolute Gasteiger partial charge is 0.462 e. The second-order valence-corrected chi connectivity index (χ2v) is 27.7. The second kappa shape index (κ2) is 72.3. The largest absolute Gasteiger partial charge is 0.472 e. The molecule has 5 atom stereocenters. The van der Waals surface area contributed by atoms with E-state index in [9.17, 15) is 43.2 Å². The molecule has 5 unspecified atom stereocenters. The number of ether oxygens (including phenoxy) is 4. The highest BCUT2D eigenvalue weighted by molar-refractivity contribution is 7.47. The van der Waals surface area contributed by atoms with Gasteiger partial charge in [0.05, 0.1) is 26.4 Å². The summed E-state index contributed by atoms with van der Waals surface area (Å²) in [5.74, 6) is -2.34. The molecule has 0 rings (SSSR count). The Hall–Kier alpha value is -5.06. The molecule has 0 bridgehead atoms. The average Bonchev–Trinajstić information content (AvgIpc) is 0.935. The molecule has 0 aromatic carbocycles. The number of phosphoric acid groups is 2. The summed E-state index contributed by atoms with van der Waals surface area (Å²) in [4.78, 5) is 72.8. The van der Waals surface area contributed by atoms with Gasteiger partial charge in [-0.25, -0.2) is 9.13 Å². The zero-order valence-electron chi connectivity index (χ0n) is 62.1. The molecule has 0 fully saturated rings. The number of allylic oxidation sites excluding steroid dienone is 24. The van der Waals surface area contributed by atoms with Crippen molar-refractivity contribution in [3.05, 3.63) is 146 Å². The molecule has 17 nitrogen and oxygen atoms in total. The zero-order chi connectivity index (χ0) is 73.2. The van der Waals surface area contributed by atoms with E-state index in [0.29, 0.717) is 32.1 Å². The van der Waals surface area contributed by atoms with E-state index in [1.165, 1.54) is 51.4 Å². The first kappa shape index (κ1) is 94.9. The molecule has 0 radical (unpaired) electrons. The number of esters is 4. The van der Waals surface area contributed by atoms with E-state index < -0.39 is 97.5 Å². The maximum absolute atomic E-state index is 13.1. The predicted molar refractivity (Wildman–Crippen MR) is 408 cm³/mol. The molecule has 0 aliphatic heterocycles. The Balaban J connectivity index is 5.44. The second-order valence-electron chi connectivity index (χ2n) is 24.8. The molecule has 0 saturated heterocycles. The van der Waals surface area contributed by atoms with Crippen molar-refractivity contribution in [2.45, 2.75) is 303 Å². The number of carbonyl (C=O) groups is 4. The van der Waals surface area contributed by atoms with Crippen molar-refractivity contribution in [1.29, 1.82) is 0 Å². The molecular formula is C81H134O17P2. The Morgan fingerprint density at radius 3 is 0.920 bits per heavy atom. The van der Waals surface area contributed by atoms with Gasteiger partial charge in [0.15, 0.2) is 12.2 Å². The van der Waals surface area contributed by atoms with Crippen LogP contribution in [0, 0.1) is 0 Å². The van der Waals surface area contributed by atoms with Crippen LogP contribution in [0.2, 0.25) is 0 Å². The van der Waals surface area contributed by atoms with Crippen LogP contribution in [-0.2, 0) is 65.4 Å². The fourth-order valence-electron chi connectivity index (χ4n) is 9.57. The normalized spacial score (nSPS) is 14.8. The van der Waals surface area contributed by atoms with E-state index in [1.54, 1.807) is 0 Å². The molecule has 0 aromatic rings. The molecule has 570 valence electrons. The lowest BCUT2D eigenvalue weighted by atomic mass is 10.0. The summed E-state index contributed by atoms with van der Waals surface area (Å²) in [6, 6.07) is 0. The highest BCUT2D eigenvalue weighted by Crippen LogP contribution is 2.45. The number of hydrogen-bond acceptors (Lipinski definition) is 15. The van der Waals surface area contributed by atoms with Gasteiger partial charge in [-0.2, -0.15) is 0 Å². The maximum atomic E-state index is 13.1. The third-order valence-electron chi connectivity index (χ3n) is 15.3. The lowest BCUT2D eigenvalue weighted by Crippen LogP contribution is -2.30. The van der Waals surface area contributed by atoms with Crippen molar-refractivity contribution in [3.63, 3.8) is 0 Å². The minimum Gasteiger partial charge on any atom is -0.462 e.